The first-order valence-corrected chi connectivity index (χ1v) is 5.56. The highest BCUT2D eigenvalue weighted by Gasteiger charge is 2.21. The Hall–Kier alpha value is -0.120. The predicted molar refractivity (Wildman–Crippen MR) is 57.1 cm³/mol. The molecule has 1 N–H and O–H groups in total. The molecule has 3 heteroatoms. The molecule has 0 aliphatic carbocycles. The van der Waals surface area contributed by atoms with Crippen LogP contribution in [-0.2, 0) is 9.47 Å². The number of aliphatic hydroxyl groups is 1. The van der Waals surface area contributed by atoms with Gasteiger partial charge in [-0.2, -0.15) is 0 Å². The fourth-order valence-electron chi connectivity index (χ4n) is 1.29. The standard InChI is InChI=1S/C11H24O3/c1-5-9(4)8-10(12)11(13-6-2)14-7-3/h9-12H,5-8H2,1-4H3. The third-order valence-electron chi connectivity index (χ3n) is 2.32. The van der Waals surface area contributed by atoms with Crippen molar-refractivity contribution < 1.29 is 14.6 Å². The van der Waals surface area contributed by atoms with Crippen LogP contribution in [0.3, 0.4) is 0 Å². The molecule has 0 saturated heterocycles. The van der Waals surface area contributed by atoms with E-state index in [0.717, 1.165) is 12.8 Å². The van der Waals surface area contributed by atoms with E-state index in [-0.39, 0.29) is 0 Å². The number of ether oxygens (including phenoxy) is 2. The smallest absolute Gasteiger partial charge is 0.183 e. The zero-order chi connectivity index (χ0) is 11.0. The summed E-state index contributed by atoms with van der Waals surface area (Å²) in [5.74, 6) is 0.508. The molecule has 2 unspecified atom stereocenters. The summed E-state index contributed by atoms with van der Waals surface area (Å²) in [7, 11) is 0. The Morgan fingerprint density at radius 2 is 1.57 bits per heavy atom. The number of hydrogen-bond donors (Lipinski definition) is 1. The van der Waals surface area contributed by atoms with Gasteiger partial charge in [-0.1, -0.05) is 20.3 Å². The van der Waals surface area contributed by atoms with Gasteiger partial charge in [-0.05, 0) is 26.2 Å². The lowest BCUT2D eigenvalue weighted by Crippen LogP contribution is -2.33. The van der Waals surface area contributed by atoms with Crippen LogP contribution in [0, 0.1) is 5.92 Å². The average molecular weight is 204 g/mol. The SMILES string of the molecule is CCOC(OCC)C(O)CC(C)CC. The van der Waals surface area contributed by atoms with Crippen LogP contribution in [0.5, 0.6) is 0 Å². The Morgan fingerprint density at radius 3 is 1.93 bits per heavy atom. The molecule has 0 aromatic heterocycles. The van der Waals surface area contributed by atoms with Crippen LogP contribution in [0.1, 0.15) is 40.5 Å². The maximum atomic E-state index is 9.82. The molecule has 2 atom stereocenters. The van der Waals surface area contributed by atoms with E-state index < -0.39 is 12.4 Å². The molecule has 0 spiro atoms. The monoisotopic (exact) mass is 204 g/mol. The molecular weight excluding hydrogens is 180 g/mol. The van der Waals surface area contributed by atoms with E-state index in [1.54, 1.807) is 0 Å². The fraction of sp³-hybridized carbons (Fsp3) is 1.00. The van der Waals surface area contributed by atoms with Gasteiger partial charge in [0.15, 0.2) is 6.29 Å². The van der Waals surface area contributed by atoms with Crippen molar-refractivity contribution in [3.05, 3.63) is 0 Å². The van der Waals surface area contributed by atoms with Crippen molar-refractivity contribution in [2.24, 2.45) is 5.92 Å². The Labute approximate surface area is 87.4 Å². The van der Waals surface area contributed by atoms with Crippen molar-refractivity contribution in [3.8, 4) is 0 Å². The molecule has 14 heavy (non-hydrogen) atoms. The van der Waals surface area contributed by atoms with Gasteiger partial charge >= 0.3 is 0 Å². The summed E-state index contributed by atoms with van der Waals surface area (Å²) in [6, 6.07) is 0. The zero-order valence-electron chi connectivity index (χ0n) is 9.82. The van der Waals surface area contributed by atoms with Crippen molar-refractivity contribution in [1.29, 1.82) is 0 Å². The third-order valence-corrected chi connectivity index (χ3v) is 2.32. The van der Waals surface area contributed by atoms with Gasteiger partial charge in [0.1, 0.15) is 6.10 Å². The van der Waals surface area contributed by atoms with Crippen molar-refractivity contribution in [2.75, 3.05) is 13.2 Å². The maximum Gasteiger partial charge on any atom is 0.183 e. The lowest BCUT2D eigenvalue weighted by atomic mass is 10.0. The highest BCUT2D eigenvalue weighted by molar-refractivity contribution is 4.64. The predicted octanol–water partition coefficient (Wildman–Crippen LogP) is 2.18. The maximum absolute atomic E-state index is 9.82. The van der Waals surface area contributed by atoms with Crippen LogP contribution in [0.2, 0.25) is 0 Å². The largest absolute Gasteiger partial charge is 0.388 e. The van der Waals surface area contributed by atoms with Crippen molar-refractivity contribution in [2.45, 2.75) is 52.9 Å². The van der Waals surface area contributed by atoms with Gasteiger partial charge in [0.05, 0.1) is 0 Å². The Balaban J connectivity index is 3.92. The average Bonchev–Trinajstić information content (AvgIpc) is 2.17. The summed E-state index contributed by atoms with van der Waals surface area (Å²) in [4.78, 5) is 0. The van der Waals surface area contributed by atoms with E-state index in [9.17, 15) is 5.11 Å². The molecule has 0 aromatic rings. The lowest BCUT2D eigenvalue weighted by Gasteiger charge is -2.24. The molecule has 3 nitrogen and oxygen atoms in total. The van der Waals surface area contributed by atoms with Crippen LogP contribution >= 0.6 is 0 Å². The molecule has 0 heterocycles. The fourth-order valence-corrected chi connectivity index (χ4v) is 1.29. The summed E-state index contributed by atoms with van der Waals surface area (Å²) >= 11 is 0. The normalized spacial score (nSPS) is 15.9. The molecule has 0 radical (unpaired) electrons. The van der Waals surface area contributed by atoms with Crippen LogP contribution in [-0.4, -0.2) is 30.7 Å². The van der Waals surface area contributed by atoms with E-state index in [0.29, 0.717) is 19.1 Å². The summed E-state index contributed by atoms with van der Waals surface area (Å²) < 4.78 is 10.6. The minimum atomic E-state index is -0.509. The highest BCUT2D eigenvalue weighted by Crippen LogP contribution is 2.14. The van der Waals surface area contributed by atoms with Gasteiger partial charge in [0.2, 0.25) is 0 Å². The molecule has 0 saturated carbocycles. The van der Waals surface area contributed by atoms with Gasteiger partial charge in [-0.3, -0.25) is 0 Å². The first kappa shape index (κ1) is 13.9. The quantitative estimate of drug-likeness (QED) is 0.616. The van der Waals surface area contributed by atoms with Crippen LogP contribution < -0.4 is 0 Å². The second-order valence-corrected chi connectivity index (χ2v) is 3.60. The molecule has 0 rings (SSSR count). The lowest BCUT2D eigenvalue weighted by molar-refractivity contribution is -0.192. The molecule has 0 aliphatic heterocycles. The molecule has 0 aromatic carbocycles. The second-order valence-electron chi connectivity index (χ2n) is 3.60. The van der Waals surface area contributed by atoms with Gasteiger partial charge in [0.25, 0.3) is 0 Å². The molecule has 0 amide bonds. The first-order chi connectivity index (χ1) is 6.65. The van der Waals surface area contributed by atoms with Gasteiger partial charge < -0.3 is 14.6 Å². The van der Waals surface area contributed by atoms with E-state index >= 15 is 0 Å². The number of hydrogen-bond acceptors (Lipinski definition) is 3. The van der Waals surface area contributed by atoms with Gasteiger partial charge in [-0.15, -0.1) is 0 Å². The van der Waals surface area contributed by atoms with Crippen LogP contribution in [0.15, 0.2) is 0 Å². The summed E-state index contributed by atoms with van der Waals surface area (Å²) in [6.07, 6.45) is 0.840. The Morgan fingerprint density at radius 1 is 1.07 bits per heavy atom. The highest BCUT2D eigenvalue weighted by atomic mass is 16.7. The van der Waals surface area contributed by atoms with E-state index in [4.69, 9.17) is 9.47 Å². The van der Waals surface area contributed by atoms with Crippen molar-refractivity contribution >= 4 is 0 Å². The Kier molecular flexibility index (Phi) is 8.14. The minimum absolute atomic E-state index is 0.459. The van der Waals surface area contributed by atoms with E-state index in [1.807, 2.05) is 13.8 Å². The second kappa shape index (κ2) is 8.21. The van der Waals surface area contributed by atoms with Gasteiger partial charge in [0, 0.05) is 13.2 Å². The molecular formula is C11H24O3. The summed E-state index contributed by atoms with van der Waals surface area (Å²) in [5.41, 5.74) is 0. The summed E-state index contributed by atoms with van der Waals surface area (Å²) in [6.45, 7) is 9.19. The van der Waals surface area contributed by atoms with Crippen molar-refractivity contribution in [1.82, 2.24) is 0 Å². The van der Waals surface area contributed by atoms with Crippen LogP contribution in [0.4, 0.5) is 0 Å². The number of rotatable bonds is 8. The molecule has 0 bridgehead atoms. The first-order valence-electron chi connectivity index (χ1n) is 5.56. The minimum Gasteiger partial charge on any atom is -0.388 e. The van der Waals surface area contributed by atoms with Crippen LogP contribution in [0.25, 0.3) is 0 Å². The molecule has 0 fully saturated rings. The zero-order valence-corrected chi connectivity index (χ0v) is 9.82. The molecule has 86 valence electrons. The van der Waals surface area contributed by atoms with E-state index in [1.165, 1.54) is 0 Å². The topological polar surface area (TPSA) is 38.7 Å². The van der Waals surface area contributed by atoms with E-state index in [2.05, 4.69) is 13.8 Å². The summed E-state index contributed by atoms with van der Waals surface area (Å²) in [5, 5.41) is 9.82. The Bertz CT molecular complexity index is 122. The van der Waals surface area contributed by atoms with Crippen molar-refractivity contribution in [3.63, 3.8) is 0 Å². The third kappa shape index (κ3) is 5.58. The van der Waals surface area contributed by atoms with Gasteiger partial charge in [-0.25, -0.2) is 0 Å². The molecule has 0 aliphatic rings. The number of aliphatic hydroxyl groups excluding tert-OH is 1.